The molecule has 0 aromatic carbocycles. The molecule has 76 valence electrons. The molecule has 0 N–H and O–H groups in total. The van der Waals surface area contributed by atoms with E-state index in [2.05, 4.69) is 4.74 Å². The minimum Gasteiger partial charge on any atom is -0.469 e. The summed E-state index contributed by atoms with van der Waals surface area (Å²) in [6.45, 7) is 13.2. The molecule has 0 aliphatic carbocycles. The van der Waals surface area contributed by atoms with E-state index in [1.54, 1.807) is 0 Å². The van der Waals surface area contributed by atoms with Gasteiger partial charge in [0.25, 0.3) is 0 Å². The Hall–Kier alpha value is -0.570. The Bertz CT molecular complexity index is 161. The molecule has 0 aliphatic heterocycles. The van der Waals surface area contributed by atoms with E-state index in [0.717, 1.165) is 6.54 Å². The average Bonchev–Trinajstić information content (AvgIpc) is 2.02. The lowest BCUT2D eigenvalue weighted by Crippen LogP contribution is -2.42. The van der Waals surface area contributed by atoms with Crippen molar-refractivity contribution in [3.8, 4) is 0 Å². The summed E-state index contributed by atoms with van der Waals surface area (Å²) in [6.07, 6.45) is 0.394. The molecule has 0 saturated carbocycles. The molecule has 0 aromatic heterocycles. The van der Waals surface area contributed by atoms with Crippen LogP contribution in [0.25, 0.3) is 0 Å². The van der Waals surface area contributed by atoms with Crippen LogP contribution in [0, 0.1) is 6.92 Å². The average molecular weight is 185 g/mol. The number of carbonyl (C=O) groups excluding carboxylic acids is 1. The molecule has 13 heavy (non-hydrogen) atoms. The molecule has 0 aliphatic rings. The first-order chi connectivity index (χ1) is 5.91. The second-order valence-electron chi connectivity index (χ2n) is 3.56. The van der Waals surface area contributed by atoms with Gasteiger partial charge >= 0.3 is 5.97 Å². The van der Waals surface area contributed by atoms with Crippen LogP contribution in [-0.2, 0) is 9.53 Å². The quantitative estimate of drug-likeness (QED) is 0.606. The van der Waals surface area contributed by atoms with Crippen LogP contribution in [0.1, 0.15) is 27.2 Å². The molecular formula is C10H19NO2. The summed E-state index contributed by atoms with van der Waals surface area (Å²) >= 11 is 0. The van der Waals surface area contributed by atoms with Crippen LogP contribution in [0.2, 0.25) is 0 Å². The van der Waals surface area contributed by atoms with Gasteiger partial charge in [0.2, 0.25) is 0 Å². The van der Waals surface area contributed by atoms with Gasteiger partial charge in [-0.25, -0.2) is 0 Å². The molecule has 0 aromatic rings. The number of nitrogens with zero attached hydrogens (tertiary/aromatic N) is 1. The van der Waals surface area contributed by atoms with Gasteiger partial charge in [-0.2, -0.15) is 0 Å². The largest absolute Gasteiger partial charge is 0.469 e. The molecule has 0 spiro atoms. The number of hydrogen-bond acceptors (Lipinski definition) is 3. The highest BCUT2D eigenvalue weighted by molar-refractivity contribution is 5.69. The van der Waals surface area contributed by atoms with Gasteiger partial charge < -0.3 is 4.74 Å². The van der Waals surface area contributed by atoms with Crippen molar-refractivity contribution in [2.45, 2.75) is 32.7 Å². The lowest BCUT2D eigenvalue weighted by Gasteiger charge is -2.33. The van der Waals surface area contributed by atoms with E-state index in [1.165, 1.54) is 7.11 Å². The minimum absolute atomic E-state index is 0.192. The van der Waals surface area contributed by atoms with E-state index < -0.39 is 0 Å². The van der Waals surface area contributed by atoms with E-state index in [0.29, 0.717) is 13.0 Å². The molecule has 0 amide bonds. The molecule has 2 radical (unpaired) electrons. The summed E-state index contributed by atoms with van der Waals surface area (Å²) in [7, 11) is 1.40. The molecule has 0 heterocycles. The van der Waals surface area contributed by atoms with Crippen LogP contribution >= 0.6 is 0 Å². The first kappa shape index (κ1) is 12.4. The van der Waals surface area contributed by atoms with Crippen LogP contribution in [0.3, 0.4) is 0 Å². The second-order valence-corrected chi connectivity index (χ2v) is 3.56. The lowest BCUT2D eigenvalue weighted by molar-refractivity contribution is -0.141. The summed E-state index contributed by atoms with van der Waals surface area (Å²) in [6, 6.07) is 0. The molecule has 0 atom stereocenters. The zero-order chi connectivity index (χ0) is 10.5. The highest BCUT2D eigenvalue weighted by Crippen LogP contribution is 2.12. The predicted molar refractivity (Wildman–Crippen MR) is 52.3 cm³/mol. The third-order valence-corrected chi connectivity index (χ3v) is 2.01. The number of carbonyl (C=O) groups is 1. The topological polar surface area (TPSA) is 29.5 Å². The smallest absolute Gasteiger partial charge is 0.306 e. The first-order valence-corrected chi connectivity index (χ1v) is 4.52. The number of hydrogen-bond donors (Lipinski definition) is 0. The predicted octanol–water partition coefficient (Wildman–Crippen LogP) is 1.36. The van der Waals surface area contributed by atoms with E-state index in [9.17, 15) is 4.79 Å². The number of ether oxygens (including phenoxy) is 1. The maximum absolute atomic E-state index is 10.9. The van der Waals surface area contributed by atoms with Crippen molar-refractivity contribution in [3.05, 3.63) is 6.92 Å². The molecule has 0 bridgehead atoms. The minimum atomic E-state index is -0.372. The summed E-state index contributed by atoms with van der Waals surface area (Å²) in [5.41, 5.74) is -0.372. The van der Waals surface area contributed by atoms with Gasteiger partial charge in [0.15, 0.2) is 0 Å². The number of rotatable bonds is 5. The maximum atomic E-state index is 10.9. The normalized spacial score (nSPS) is 11.8. The maximum Gasteiger partial charge on any atom is 0.306 e. The van der Waals surface area contributed by atoms with E-state index in [-0.39, 0.29) is 11.5 Å². The lowest BCUT2D eigenvalue weighted by atomic mass is 10.1. The first-order valence-electron chi connectivity index (χ1n) is 4.52. The zero-order valence-electron chi connectivity index (χ0n) is 8.96. The fourth-order valence-electron chi connectivity index (χ4n) is 1.18. The summed E-state index contributed by atoms with van der Waals surface area (Å²) in [5, 5.41) is 0. The van der Waals surface area contributed by atoms with Crippen molar-refractivity contribution in [2.24, 2.45) is 0 Å². The Morgan fingerprint density at radius 1 is 1.54 bits per heavy atom. The molecule has 0 rings (SSSR count). The van der Waals surface area contributed by atoms with Gasteiger partial charge in [-0.1, -0.05) is 6.92 Å². The van der Waals surface area contributed by atoms with Crippen molar-refractivity contribution in [1.82, 2.24) is 4.90 Å². The third kappa shape index (κ3) is 4.88. The second kappa shape index (κ2) is 5.22. The Balaban J connectivity index is 3.93. The fraction of sp³-hybridized carbons (Fsp3) is 0.800. The SMILES string of the molecule is [CH]C(C)(C)N(CC)CCC(=O)OC. The van der Waals surface area contributed by atoms with Crippen LogP contribution < -0.4 is 0 Å². The van der Waals surface area contributed by atoms with E-state index in [4.69, 9.17) is 6.92 Å². The Morgan fingerprint density at radius 3 is 2.38 bits per heavy atom. The third-order valence-electron chi connectivity index (χ3n) is 2.01. The van der Waals surface area contributed by atoms with Crippen molar-refractivity contribution in [3.63, 3.8) is 0 Å². The van der Waals surface area contributed by atoms with Crippen molar-refractivity contribution < 1.29 is 9.53 Å². The summed E-state index contributed by atoms with van der Waals surface area (Å²) < 4.78 is 4.55. The van der Waals surface area contributed by atoms with Gasteiger partial charge in [-0.15, -0.1) is 0 Å². The van der Waals surface area contributed by atoms with Gasteiger partial charge in [-0.05, 0) is 27.3 Å². The van der Waals surface area contributed by atoms with Crippen LogP contribution in [0.4, 0.5) is 0 Å². The molecule has 0 fully saturated rings. The van der Waals surface area contributed by atoms with E-state index in [1.807, 2.05) is 25.7 Å². The monoisotopic (exact) mass is 185 g/mol. The highest BCUT2D eigenvalue weighted by Gasteiger charge is 2.20. The van der Waals surface area contributed by atoms with Crippen molar-refractivity contribution >= 4 is 5.97 Å². The van der Waals surface area contributed by atoms with Crippen LogP contribution in [-0.4, -0.2) is 36.6 Å². The summed E-state index contributed by atoms with van der Waals surface area (Å²) in [4.78, 5) is 12.9. The molecule has 3 heteroatoms. The fourth-order valence-corrected chi connectivity index (χ4v) is 1.18. The Labute approximate surface area is 81.1 Å². The van der Waals surface area contributed by atoms with Gasteiger partial charge in [0.1, 0.15) is 0 Å². The molecule has 3 nitrogen and oxygen atoms in total. The van der Waals surface area contributed by atoms with Crippen molar-refractivity contribution in [2.75, 3.05) is 20.2 Å². The number of esters is 1. The van der Waals surface area contributed by atoms with E-state index >= 15 is 0 Å². The standard InChI is InChI=1S/C10H19NO2/c1-6-11(10(2,3)4)8-7-9(12)13-5/h2H,6-8H2,1,3-5H3. The van der Waals surface area contributed by atoms with Crippen molar-refractivity contribution in [1.29, 1.82) is 0 Å². The van der Waals surface area contributed by atoms with Crippen LogP contribution in [0.5, 0.6) is 0 Å². The highest BCUT2D eigenvalue weighted by atomic mass is 16.5. The van der Waals surface area contributed by atoms with Gasteiger partial charge in [0, 0.05) is 12.1 Å². The number of methoxy groups -OCH3 is 1. The van der Waals surface area contributed by atoms with Gasteiger partial charge in [0.05, 0.1) is 13.5 Å². The molecular weight excluding hydrogens is 166 g/mol. The summed E-state index contributed by atoms with van der Waals surface area (Å²) in [5.74, 6) is -0.192. The van der Waals surface area contributed by atoms with Crippen LogP contribution in [0.15, 0.2) is 0 Å². The van der Waals surface area contributed by atoms with Gasteiger partial charge in [-0.3, -0.25) is 9.69 Å². The molecule has 0 saturated heterocycles. The Kier molecular flexibility index (Phi) is 4.99. The Morgan fingerprint density at radius 2 is 2.08 bits per heavy atom. The zero-order valence-corrected chi connectivity index (χ0v) is 8.96. The molecule has 0 unspecified atom stereocenters.